The quantitative estimate of drug-likeness (QED) is 0.348. The highest BCUT2D eigenvalue weighted by Crippen LogP contribution is 2.23. The Bertz CT molecular complexity index is 1050. The van der Waals surface area contributed by atoms with Crippen molar-refractivity contribution >= 4 is 34.1 Å². The van der Waals surface area contributed by atoms with Crippen molar-refractivity contribution in [3.8, 4) is 0 Å². The largest absolute Gasteiger partial charge is 0.341 e. The fraction of sp³-hybridized carbons (Fsp3) is 0.613. The zero-order valence-corrected chi connectivity index (χ0v) is 23.4. The summed E-state index contributed by atoms with van der Waals surface area (Å²) >= 11 is 6.11. The van der Waals surface area contributed by atoms with Crippen molar-refractivity contribution < 1.29 is 9.59 Å². The Morgan fingerprint density at radius 1 is 1.00 bits per heavy atom. The maximum absolute atomic E-state index is 13.6. The van der Waals surface area contributed by atoms with Crippen LogP contribution in [0.2, 0.25) is 5.02 Å². The number of carbonyl (C=O) groups excluding carboxylic acids is 2. The molecule has 0 saturated carbocycles. The minimum Gasteiger partial charge on any atom is -0.341 e. The Morgan fingerprint density at radius 2 is 1.73 bits per heavy atom. The number of carbonyl (C=O) groups is 2. The van der Waals surface area contributed by atoms with Gasteiger partial charge in [0.25, 0.3) is 0 Å². The molecule has 0 aliphatic carbocycles. The fourth-order valence-corrected chi connectivity index (χ4v) is 6.07. The van der Waals surface area contributed by atoms with Crippen LogP contribution in [0, 0.1) is 5.92 Å². The molecule has 0 spiro atoms. The summed E-state index contributed by atoms with van der Waals surface area (Å²) in [5, 5.41) is 6.48. The third-order valence-corrected chi connectivity index (χ3v) is 8.69. The predicted octanol–water partition coefficient (Wildman–Crippen LogP) is 6.33. The molecule has 0 aromatic heterocycles. The van der Waals surface area contributed by atoms with Crippen LogP contribution in [0.5, 0.6) is 0 Å². The Morgan fingerprint density at radius 3 is 2.49 bits per heavy atom. The lowest BCUT2D eigenvalue weighted by Crippen LogP contribution is -2.48. The summed E-state index contributed by atoms with van der Waals surface area (Å²) in [5.41, 5.74) is 0.747. The average Bonchev–Trinajstić information content (AvgIpc) is 3.07. The summed E-state index contributed by atoms with van der Waals surface area (Å²) in [6.45, 7) is 9.33. The average molecular weight is 526 g/mol. The number of rotatable bonds is 11. The van der Waals surface area contributed by atoms with Crippen LogP contribution < -0.4 is 5.32 Å². The van der Waals surface area contributed by atoms with Crippen LogP contribution in [-0.4, -0.2) is 66.3 Å². The highest BCUT2D eigenvalue weighted by atomic mass is 35.5. The zero-order valence-electron chi connectivity index (χ0n) is 22.7. The van der Waals surface area contributed by atoms with Gasteiger partial charge in [-0.1, -0.05) is 62.9 Å². The first kappa shape index (κ1) is 28.1. The van der Waals surface area contributed by atoms with Gasteiger partial charge < -0.3 is 15.1 Å². The van der Waals surface area contributed by atoms with E-state index in [-0.39, 0.29) is 23.8 Å². The summed E-state index contributed by atoms with van der Waals surface area (Å²) < 4.78 is 0. The molecule has 1 amide bonds. The van der Waals surface area contributed by atoms with E-state index in [1.54, 1.807) is 0 Å². The van der Waals surface area contributed by atoms with Crippen LogP contribution in [0.1, 0.15) is 82.0 Å². The molecule has 37 heavy (non-hydrogen) atoms. The fourth-order valence-electron chi connectivity index (χ4n) is 5.89. The molecule has 6 heteroatoms. The summed E-state index contributed by atoms with van der Waals surface area (Å²) in [4.78, 5) is 31.3. The van der Waals surface area contributed by atoms with Crippen molar-refractivity contribution in [1.29, 1.82) is 0 Å². The van der Waals surface area contributed by atoms with Gasteiger partial charge in [0.1, 0.15) is 0 Å². The zero-order chi connectivity index (χ0) is 26.2. The minimum absolute atomic E-state index is 0.160. The molecule has 2 aliphatic heterocycles. The smallest absolute Gasteiger partial charge is 0.239 e. The number of fused-ring (bicyclic) bond motifs is 1. The maximum atomic E-state index is 13.6. The second-order valence-electron chi connectivity index (χ2n) is 11.0. The summed E-state index contributed by atoms with van der Waals surface area (Å²) in [6.07, 6.45) is 9.02. The van der Waals surface area contributed by atoms with Gasteiger partial charge in [-0.2, -0.15) is 0 Å². The number of piperidine rings is 1. The van der Waals surface area contributed by atoms with E-state index >= 15 is 0 Å². The van der Waals surface area contributed by atoms with Gasteiger partial charge in [0.05, 0.1) is 6.04 Å². The first-order chi connectivity index (χ1) is 18.0. The van der Waals surface area contributed by atoms with E-state index in [0.29, 0.717) is 17.4 Å². The molecule has 1 N–H and O–H groups in total. The first-order valence-electron chi connectivity index (χ1n) is 14.5. The Labute approximate surface area is 227 Å². The van der Waals surface area contributed by atoms with Crippen molar-refractivity contribution in [2.75, 3.05) is 32.7 Å². The number of Topliss-reactive ketones (excluding diaryl/α,β-unsaturated/α-hetero) is 1. The third kappa shape index (κ3) is 7.78. The van der Waals surface area contributed by atoms with Gasteiger partial charge in [-0.3, -0.25) is 9.59 Å². The van der Waals surface area contributed by atoms with E-state index in [4.69, 9.17) is 11.6 Å². The second kappa shape index (κ2) is 13.7. The van der Waals surface area contributed by atoms with Crippen molar-refractivity contribution in [2.24, 2.45) is 5.92 Å². The SMILES string of the molecule is CCC(CC)CN1CC[C@@H](CCC(=O)c2ccc3cc(Cl)ccc3c2)N[C@@H](CCN2CCCCC2)C1=O. The van der Waals surface area contributed by atoms with E-state index in [2.05, 4.69) is 29.0 Å². The molecule has 2 saturated heterocycles. The lowest BCUT2D eigenvalue weighted by molar-refractivity contribution is -0.133. The van der Waals surface area contributed by atoms with Gasteiger partial charge in [0.2, 0.25) is 5.91 Å². The Hall–Kier alpha value is -1.95. The second-order valence-corrected chi connectivity index (χ2v) is 11.5. The van der Waals surface area contributed by atoms with Crippen molar-refractivity contribution in [3.63, 3.8) is 0 Å². The van der Waals surface area contributed by atoms with Gasteiger partial charge in [-0.25, -0.2) is 0 Å². The number of amides is 1. The number of likely N-dealkylation sites (tertiary alicyclic amines) is 1. The van der Waals surface area contributed by atoms with Crippen molar-refractivity contribution in [2.45, 2.75) is 83.7 Å². The standard InChI is InChI=1S/C31H44ClN3O2/c1-3-23(4-2)22-35-19-14-28(33-29(31(35)37)15-18-34-16-6-5-7-17-34)12-13-30(36)26-9-8-25-21-27(32)11-10-24(25)20-26/h8-11,20-21,23,28-29,33H,3-7,12-19,22H2,1-2H3/t28-,29+/m1/s1. The van der Waals surface area contributed by atoms with E-state index in [0.717, 1.165) is 81.2 Å². The van der Waals surface area contributed by atoms with Gasteiger partial charge in [-0.15, -0.1) is 0 Å². The van der Waals surface area contributed by atoms with Crippen LogP contribution in [-0.2, 0) is 4.79 Å². The van der Waals surface area contributed by atoms with Gasteiger partial charge in [0.15, 0.2) is 5.78 Å². The van der Waals surface area contributed by atoms with Crippen molar-refractivity contribution in [1.82, 2.24) is 15.1 Å². The Kier molecular flexibility index (Phi) is 10.4. The molecule has 2 aliphatic rings. The summed E-state index contributed by atoms with van der Waals surface area (Å²) in [7, 11) is 0. The number of nitrogens with one attached hydrogen (secondary N) is 1. The molecule has 2 aromatic rings. The van der Waals surface area contributed by atoms with Crippen molar-refractivity contribution in [3.05, 3.63) is 47.0 Å². The van der Waals surface area contributed by atoms with Crippen LogP contribution in [0.3, 0.4) is 0 Å². The monoisotopic (exact) mass is 525 g/mol. The summed E-state index contributed by atoms with van der Waals surface area (Å²) in [5.74, 6) is 0.964. The maximum Gasteiger partial charge on any atom is 0.239 e. The number of benzene rings is 2. The highest BCUT2D eigenvalue weighted by molar-refractivity contribution is 6.31. The Balaban J connectivity index is 1.40. The van der Waals surface area contributed by atoms with E-state index in [1.165, 1.54) is 19.3 Å². The molecular formula is C31H44ClN3O2. The number of halogens is 1. The molecule has 202 valence electrons. The molecule has 5 nitrogen and oxygen atoms in total. The van der Waals surface area contributed by atoms with E-state index in [1.807, 2.05) is 36.4 Å². The van der Waals surface area contributed by atoms with E-state index in [9.17, 15) is 9.59 Å². The molecule has 2 atom stereocenters. The molecule has 4 rings (SSSR count). The van der Waals surface area contributed by atoms with E-state index < -0.39 is 0 Å². The molecule has 2 heterocycles. The van der Waals surface area contributed by atoms with Gasteiger partial charge >= 0.3 is 0 Å². The minimum atomic E-state index is -0.163. The van der Waals surface area contributed by atoms with Crippen LogP contribution >= 0.6 is 11.6 Å². The molecule has 2 aromatic carbocycles. The molecule has 0 unspecified atom stereocenters. The highest BCUT2D eigenvalue weighted by Gasteiger charge is 2.32. The van der Waals surface area contributed by atoms with Crippen LogP contribution in [0.25, 0.3) is 10.8 Å². The number of hydrogen-bond donors (Lipinski definition) is 1. The lowest BCUT2D eigenvalue weighted by atomic mass is 9.99. The molecular weight excluding hydrogens is 482 g/mol. The molecule has 0 bridgehead atoms. The number of hydrogen-bond acceptors (Lipinski definition) is 4. The molecule has 2 fully saturated rings. The molecule has 0 radical (unpaired) electrons. The van der Waals surface area contributed by atoms with Gasteiger partial charge in [-0.05, 0) is 80.1 Å². The van der Waals surface area contributed by atoms with Crippen LogP contribution in [0.4, 0.5) is 0 Å². The van der Waals surface area contributed by atoms with Gasteiger partial charge in [0, 0.05) is 42.7 Å². The van der Waals surface area contributed by atoms with Crippen LogP contribution in [0.15, 0.2) is 36.4 Å². The lowest BCUT2D eigenvalue weighted by Gasteiger charge is -2.30. The number of nitrogens with zero attached hydrogens (tertiary/aromatic N) is 2. The third-order valence-electron chi connectivity index (χ3n) is 8.45. The predicted molar refractivity (Wildman–Crippen MR) is 153 cm³/mol. The first-order valence-corrected chi connectivity index (χ1v) is 14.8. The summed E-state index contributed by atoms with van der Waals surface area (Å²) in [6, 6.07) is 11.6. The topological polar surface area (TPSA) is 52.7 Å². The number of ketones is 1. The normalized spacial score (nSPS) is 21.5.